The molecule has 0 amide bonds. The van der Waals surface area contributed by atoms with Crippen molar-refractivity contribution >= 4 is 65.2 Å². The Morgan fingerprint density at radius 3 is 1.16 bits per heavy atom. The lowest BCUT2D eigenvalue weighted by molar-refractivity contribution is 0.661. The molecule has 1 aliphatic rings. The number of nitrogens with zero attached hydrogens (tertiary/aromatic N) is 2. The summed E-state index contributed by atoms with van der Waals surface area (Å²) in [5.74, 6) is 0. The van der Waals surface area contributed by atoms with E-state index in [0.29, 0.717) is 0 Å². The van der Waals surface area contributed by atoms with Crippen LogP contribution in [0.4, 0.5) is 0 Å². The summed E-state index contributed by atoms with van der Waals surface area (Å²) in [7, 11) is 0. The molecule has 0 saturated carbocycles. The van der Waals surface area contributed by atoms with Crippen LogP contribution in [-0.4, -0.2) is 9.13 Å². The number of benzene rings is 8. The van der Waals surface area contributed by atoms with Gasteiger partial charge in [-0.2, -0.15) is 0 Å². The summed E-state index contributed by atoms with van der Waals surface area (Å²) in [5.41, 5.74) is 12.7. The molecule has 2 heterocycles. The molecule has 0 bridgehead atoms. The third-order valence-electron chi connectivity index (χ3n) is 11.3. The molecule has 0 unspecified atom stereocenters. The summed E-state index contributed by atoms with van der Waals surface area (Å²) >= 11 is 0. The molecule has 0 saturated heterocycles. The van der Waals surface area contributed by atoms with Crippen molar-refractivity contribution in [3.63, 3.8) is 0 Å². The lowest BCUT2D eigenvalue weighted by atomic mass is 9.81. The van der Waals surface area contributed by atoms with Crippen LogP contribution in [0.2, 0.25) is 0 Å². The van der Waals surface area contributed by atoms with Gasteiger partial charge in [0.15, 0.2) is 0 Å². The van der Waals surface area contributed by atoms with Gasteiger partial charge < -0.3 is 9.13 Å². The Bertz CT molecular complexity index is 2920. The summed E-state index contributed by atoms with van der Waals surface area (Å²) in [6, 6.07) is 58.6. The van der Waals surface area contributed by atoms with E-state index in [1.165, 1.54) is 98.8 Å². The molecule has 49 heavy (non-hydrogen) atoms. The third kappa shape index (κ3) is 3.40. The Balaban J connectivity index is 1.42. The van der Waals surface area contributed by atoms with Gasteiger partial charge in [-0.3, -0.25) is 0 Å². The second-order valence-corrected chi connectivity index (χ2v) is 14.1. The number of rotatable bonds is 2. The van der Waals surface area contributed by atoms with E-state index in [1.54, 1.807) is 0 Å². The van der Waals surface area contributed by atoms with Crippen molar-refractivity contribution in [2.45, 2.75) is 19.3 Å². The standard InChI is InChI=1S/C47H32N2/c1-47(2)39-22-10-5-15-29(39)36-27-37-38(28-40(36)47)46(49-43-25-13-8-18-32(43)33-19-9-14-26-44(33)49)35-21-4-3-20-34(35)45(37)48-41-23-11-6-16-30(41)31-17-7-12-24-42(31)48/h3-28H,1-2H3. The van der Waals surface area contributed by atoms with Crippen LogP contribution >= 0.6 is 0 Å². The third-order valence-corrected chi connectivity index (χ3v) is 11.3. The van der Waals surface area contributed by atoms with Crippen LogP contribution in [0.3, 0.4) is 0 Å². The van der Waals surface area contributed by atoms with Crippen LogP contribution in [0.25, 0.3) is 87.7 Å². The molecule has 1 aliphatic carbocycles. The predicted molar refractivity (Wildman–Crippen MR) is 208 cm³/mol. The van der Waals surface area contributed by atoms with Gasteiger partial charge in [0.1, 0.15) is 0 Å². The van der Waals surface area contributed by atoms with Gasteiger partial charge in [0.25, 0.3) is 0 Å². The summed E-state index contributed by atoms with van der Waals surface area (Å²) in [5, 5.41) is 10.1. The smallest absolute Gasteiger partial charge is 0.0620 e. The molecule has 0 N–H and O–H groups in total. The van der Waals surface area contributed by atoms with Crippen LogP contribution in [0, 0.1) is 0 Å². The number of aromatic nitrogens is 2. The topological polar surface area (TPSA) is 9.86 Å². The van der Waals surface area contributed by atoms with Crippen molar-refractivity contribution in [3.8, 4) is 22.5 Å². The normalized spacial score (nSPS) is 13.7. The lowest BCUT2D eigenvalue weighted by Gasteiger charge is -2.25. The van der Waals surface area contributed by atoms with Gasteiger partial charge in [-0.15, -0.1) is 0 Å². The van der Waals surface area contributed by atoms with Crippen LogP contribution in [0.15, 0.2) is 158 Å². The first-order chi connectivity index (χ1) is 24.1. The largest absolute Gasteiger partial charge is 0.308 e. The van der Waals surface area contributed by atoms with E-state index in [2.05, 4.69) is 181 Å². The molecular weight excluding hydrogens is 593 g/mol. The molecule has 10 aromatic rings. The highest BCUT2D eigenvalue weighted by Gasteiger charge is 2.36. The number of fused-ring (bicyclic) bond motifs is 11. The average Bonchev–Trinajstić information content (AvgIpc) is 3.73. The minimum atomic E-state index is -0.128. The van der Waals surface area contributed by atoms with Crippen LogP contribution in [0.5, 0.6) is 0 Å². The molecular formula is C47H32N2. The minimum absolute atomic E-state index is 0.128. The van der Waals surface area contributed by atoms with Crippen molar-refractivity contribution in [1.82, 2.24) is 9.13 Å². The van der Waals surface area contributed by atoms with E-state index >= 15 is 0 Å². The zero-order valence-corrected chi connectivity index (χ0v) is 27.4. The van der Waals surface area contributed by atoms with E-state index in [-0.39, 0.29) is 5.41 Å². The summed E-state index contributed by atoms with van der Waals surface area (Å²) in [6.07, 6.45) is 0. The number of hydrogen-bond donors (Lipinski definition) is 0. The maximum atomic E-state index is 2.54. The monoisotopic (exact) mass is 624 g/mol. The van der Waals surface area contributed by atoms with Gasteiger partial charge in [0, 0.05) is 48.5 Å². The Labute approximate surface area is 284 Å². The minimum Gasteiger partial charge on any atom is -0.308 e. The Hall–Kier alpha value is -6.12. The zero-order valence-electron chi connectivity index (χ0n) is 27.4. The van der Waals surface area contributed by atoms with Gasteiger partial charge in [-0.1, -0.05) is 135 Å². The van der Waals surface area contributed by atoms with E-state index < -0.39 is 0 Å². The summed E-state index contributed by atoms with van der Waals surface area (Å²) in [6.45, 7) is 4.77. The molecule has 0 aliphatic heterocycles. The molecule has 0 spiro atoms. The van der Waals surface area contributed by atoms with E-state index in [4.69, 9.17) is 0 Å². The molecule has 8 aromatic carbocycles. The van der Waals surface area contributed by atoms with Crippen LogP contribution in [0.1, 0.15) is 25.0 Å². The quantitative estimate of drug-likeness (QED) is 0.169. The molecule has 230 valence electrons. The second-order valence-electron chi connectivity index (χ2n) is 14.1. The Morgan fingerprint density at radius 2 is 0.694 bits per heavy atom. The van der Waals surface area contributed by atoms with Gasteiger partial charge in [-0.05, 0) is 58.7 Å². The van der Waals surface area contributed by atoms with Crippen molar-refractivity contribution < 1.29 is 0 Å². The highest BCUT2D eigenvalue weighted by molar-refractivity contribution is 6.21. The maximum Gasteiger partial charge on any atom is 0.0620 e. The van der Waals surface area contributed by atoms with Gasteiger partial charge in [0.05, 0.1) is 33.4 Å². The fraction of sp³-hybridized carbons (Fsp3) is 0.0638. The summed E-state index contributed by atoms with van der Waals surface area (Å²) < 4.78 is 5.07. The first kappa shape index (κ1) is 26.9. The number of hydrogen-bond acceptors (Lipinski definition) is 0. The molecule has 0 fully saturated rings. The fourth-order valence-electron chi connectivity index (χ4n) is 9.13. The van der Waals surface area contributed by atoms with Crippen LogP contribution < -0.4 is 0 Å². The highest BCUT2D eigenvalue weighted by atomic mass is 15.0. The van der Waals surface area contributed by atoms with Gasteiger partial charge >= 0.3 is 0 Å². The van der Waals surface area contributed by atoms with E-state index in [9.17, 15) is 0 Å². The molecule has 2 heteroatoms. The van der Waals surface area contributed by atoms with E-state index in [0.717, 1.165) is 0 Å². The predicted octanol–water partition coefficient (Wildman–Crippen LogP) is 12.5. The first-order valence-corrected chi connectivity index (χ1v) is 17.2. The lowest BCUT2D eigenvalue weighted by Crippen LogP contribution is -2.15. The number of para-hydroxylation sites is 4. The van der Waals surface area contributed by atoms with Gasteiger partial charge in [-0.25, -0.2) is 0 Å². The van der Waals surface area contributed by atoms with Crippen molar-refractivity contribution in [2.75, 3.05) is 0 Å². The SMILES string of the molecule is CC1(C)c2ccccc2-c2cc3c(-n4c5ccccc5c5ccccc54)c4ccccc4c(-n4c5ccccc5c5ccccc54)c3cc21. The maximum absolute atomic E-state index is 2.54. The van der Waals surface area contributed by atoms with Crippen molar-refractivity contribution in [1.29, 1.82) is 0 Å². The average molecular weight is 625 g/mol. The molecule has 0 radical (unpaired) electrons. The molecule has 2 nitrogen and oxygen atoms in total. The van der Waals surface area contributed by atoms with Crippen LogP contribution in [-0.2, 0) is 5.41 Å². The van der Waals surface area contributed by atoms with E-state index in [1.807, 2.05) is 0 Å². The molecule has 2 aromatic heterocycles. The highest BCUT2D eigenvalue weighted by Crippen LogP contribution is 2.53. The summed E-state index contributed by atoms with van der Waals surface area (Å²) in [4.78, 5) is 0. The zero-order chi connectivity index (χ0) is 32.4. The van der Waals surface area contributed by atoms with Crippen molar-refractivity contribution in [2.24, 2.45) is 0 Å². The fourth-order valence-corrected chi connectivity index (χ4v) is 9.13. The molecule has 0 atom stereocenters. The van der Waals surface area contributed by atoms with Gasteiger partial charge in [0.2, 0.25) is 0 Å². The Morgan fingerprint density at radius 1 is 0.327 bits per heavy atom. The first-order valence-electron chi connectivity index (χ1n) is 17.2. The second kappa shape index (κ2) is 9.49. The van der Waals surface area contributed by atoms with Crippen molar-refractivity contribution in [3.05, 3.63) is 169 Å². The molecule has 11 rings (SSSR count). The Kier molecular flexibility index (Phi) is 5.21.